The summed E-state index contributed by atoms with van der Waals surface area (Å²) in [6.07, 6.45) is 1.06. The van der Waals surface area contributed by atoms with E-state index in [2.05, 4.69) is 44.1 Å². The lowest BCUT2D eigenvalue weighted by Crippen LogP contribution is -2.13. The van der Waals surface area contributed by atoms with Crippen LogP contribution in [0.4, 0.5) is 4.39 Å². The molecular weight excluding hydrogens is 401 g/mol. The monoisotopic (exact) mass is 415 g/mol. The summed E-state index contributed by atoms with van der Waals surface area (Å²) in [7, 11) is 0. The average molecular weight is 417 g/mol. The van der Waals surface area contributed by atoms with Gasteiger partial charge in [0.1, 0.15) is 5.75 Å². The van der Waals surface area contributed by atoms with Gasteiger partial charge in [0, 0.05) is 11.0 Å². The molecule has 1 N–H and O–H groups in total. The van der Waals surface area contributed by atoms with Gasteiger partial charge in [0.2, 0.25) is 0 Å². The molecule has 2 nitrogen and oxygen atoms in total. The fourth-order valence-corrected chi connectivity index (χ4v) is 2.95. The number of benzene rings is 2. The molecule has 0 unspecified atom stereocenters. The van der Waals surface area contributed by atoms with Crippen LogP contribution in [0.25, 0.3) is 0 Å². The van der Waals surface area contributed by atoms with E-state index in [-0.39, 0.29) is 11.6 Å². The topological polar surface area (TPSA) is 21.3 Å². The molecule has 0 saturated heterocycles. The maximum atomic E-state index is 14.1. The van der Waals surface area contributed by atoms with Gasteiger partial charge < -0.3 is 10.1 Å². The molecule has 0 aliphatic heterocycles. The molecule has 0 atom stereocenters. The molecule has 112 valence electrons. The third-order valence-corrected chi connectivity index (χ3v) is 3.98. The standard InChI is InChI=1S/C16H16Br2FNO/c1-2-7-20-10-11-3-5-16(14(19)8-11)21-15-6-4-12(17)9-13(15)18/h3-6,8-9,20H,2,7,10H2,1H3. The van der Waals surface area contributed by atoms with E-state index in [0.29, 0.717) is 12.3 Å². The Morgan fingerprint density at radius 1 is 1.10 bits per heavy atom. The number of halogens is 3. The predicted octanol–water partition coefficient (Wildman–Crippen LogP) is 5.64. The lowest BCUT2D eigenvalue weighted by atomic mass is 10.2. The number of ether oxygens (including phenoxy) is 1. The highest BCUT2D eigenvalue weighted by Gasteiger charge is 2.09. The molecule has 21 heavy (non-hydrogen) atoms. The molecule has 0 aliphatic rings. The van der Waals surface area contributed by atoms with Crippen molar-refractivity contribution >= 4 is 31.9 Å². The summed E-state index contributed by atoms with van der Waals surface area (Å²) in [5, 5.41) is 3.24. The van der Waals surface area contributed by atoms with Gasteiger partial charge in [0.05, 0.1) is 4.47 Å². The zero-order chi connectivity index (χ0) is 15.2. The molecule has 2 aromatic rings. The van der Waals surface area contributed by atoms with Crippen LogP contribution < -0.4 is 10.1 Å². The summed E-state index contributed by atoms with van der Waals surface area (Å²) in [5.74, 6) is 0.437. The Morgan fingerprint density at radius 2 is 1.86 bits per heavy atom. The molecule has 2 aromatic carbocycles. The van der Waals surface area contributed by atoms with Gasteiger partial charge in [-0.1, -0.05) is 28.9 Å². The third kappa shape index (κ3) is 4.80. The van der Waals surface area contributed by atoms with Crippen LogP contribution in [0.3, 0.4) is 0 Å². The first kappa shape index (κ1) is 16.5. The maximum absolute atomic E-state index is 14.1. The van der Waals surface area contributed by atoms with Crippen molar-refractivity contribution in [1.82, 2.24) is 5.32 Å². The minimum absolute atomic E-state index is 0.220. The first-order valence-corrected chi connectivity index (χ1v) is 8.31. The van der Waals surface area contributed by atoms with Crippen molar-refractivity contribution in [2.24, 2.45) is 0 Å². The Kier molecular flexibility index (Phi) is 6.21. The van der Waals surface area contributed by atoms with Crippen LogP contribution in [0.1, 0.15) is 18.9 Å². The van der Waals surface area contributed by atoms with Crippen molar-refractivity contribution in [1.29, 1.82) is 0 Å². The van der Waals surface area contributed by atoms with Gasteiger partial charge in [0.25, 0.3) is 0 Å². The van der Waals surface area contributed by atoms with E-state index in [0.717, 1.165) is 27.5 Å². The van der Waals surface area contributed by atoms with Crippen LogP contribution in [0.2, 0.25) is 0 Å². The molecule has 2 rings (SSSR count). The summed E-state index contributed by atoms with van der Waals surface area (Å²) in [4.78, 5) is 0. The second-order valence-electron chi connectivity index (χ2n) is 4.62. The van der Waals surface area contributed by atoms with Gasteiger partial charge in [-0.05, 0) is 64.8 Å². The van der Waals surface area contributed by atoms with Crippen molar-refractivity contribution in [2.45, 2.75) is 19.9 Å². The molecule has 0 bridgehead atoms. The van der Waals surface area contributed by atoms with E-state index >= 15 is 0 Å². The summed E-state index contributed by atoms with van der Waals surface area (Å²) in [6.45, 7) is 3.68. The SMILES string of the molecule is CCCNCc1ccc(Oc2ccc(Br)cc2Br)c(F)c1. The second-order valence-corrected chi connectivity index (χ2v) is 6.39. The Hall–Kier alpha value is -0.910. The van der Waals surface area contributed by atoms with Gasteiger partial charge >= 0.3 is 0 Å². The van der Waals surface area contributed by atoms with Crippen LogP contribution in [-0.2, 0) is 6.54 Å². The van der Waals surface area contributed by atoms with Crippen LogP contribution >= 0.6 is 31.9 Å². The van der Waals surface area contributed by atoms with E-state index in [1.807, 2.05) is 18.2 Å². The average Bonchev–Trinajstić information content (AvgIpc) is 2.44. The maximum Gasteiger partial charge on any atom is 0.166 e. The molecule has 0 heterocycles. The van der Waals surface area contributed by atoms with E-state index in [4.69, 9.17) is 4.74 Å². The first-order valence-electron chi connectivity index (χ1n) is 6.72. The van der Waals surface area contributed by atoms with Crippen molar-refractivity contribution in [2.75, 3.05) is 6.54 Å². The van der Waals surface area contributed by atoms with Crippen LogP contribution in [0.15, 0.2) is 45.3 Å². The number of hydrogen-bond donors (Lipinski definition) is 1. The summed E-state index contributed by atoms with van der Waals surface area (Å²) >= 11 is 6.77. The number of hydrogen-bond acceptors (Lipinski definition) is 2. The largest absolute Gasteiger partial charge is 0.453 e. The van der Waals surface area contributed by atoms with E-state index in [1.165, 1.54) is 6.07 Å². The zero-order valence-electron chi connectivity index (χ0n) is 11.6. The van der Waals surface area contributed by atoms with Crippen molar-refractivity contribution < 1.29 is 9.13 Å². The number of rotatable bonds is 6. The van der Waals surface area contributed by atoms with Gasteiger partial charge in [-0.2, -0.15) is 0 Å². The Bertz CT molecular complexity index is 619. The Labute approximate surface area is 141 Å². The summed E-state index contributed by atoms with van der Waals surface area (Å²) < 4.78 is 21.4. The fraction of sp³-hybridized carbons (Fsp3) is 0.250. The van der Waals surface area contributed by atoms with Gasteiger partial charge in [-0.15, -0.1) is 0 Å². The van der Waals surface area contributed by atoms with Crippen LogP contribution in [-0.4, -0.2) is 6.54 Å². The zero-order valence-corrected chi connectivity index (χ0v) is 14.8. The fourth-order valence-electron chi connectivity index (χ4n) is 1.82. The minimum atomic E-state index is -0.361. The molecule has 5 heteroatoms. The van der Waals surface area contributed by atoms with Crippen molar-refractivity contribution in [3.8, 4) is 11.5 Å². The normalized spacial score (nSPS) is 10.7. The quantitative estimate of drug-likeness (QED) is 0.615. The second kappa shape index (κ2) is 7.92. The third-order valence-electron chi connectivity index (χ3n) is 2.87. The highest BCUT2D eigenvalue weighted by Crippen LogP contribution is 2.33. The Balaban J connectivity index is 2.10. The molecular formula is C16H16Br2FNO. The van der Waals surface area contributed by atoms with Crippen molar-refractivity contribution in [3.05, 3.63) is 56.7 Å². The highest BCUT2D eigenvalue weighted by molar-refractivity contribution is 9.11. The Morgan fingerprint density at radius 3 is 2.52 bits per heavy atom. The van der Waals surface area contributed by atoms with Gasteiger partial charge in [-0.25, -0.2) is 4.39 Å². The molecule has 0 aromatic heterocycles. The molecule has 0 saturated carbocycles. The van der Waals surface area contributed by atoms with E-state index in [1.54, 1.807) is 12.1 Å². The first-order chi connectivity index (χ1) is 10.1. The summed E-state index contributed by atoms with van der Waals surface area (Å²) in [6, 6.07) is 10.5. The number of nitrogens with one attached hydrogen (secondary N) is 1. The lowest BCUT2D eigenvalue weighted by Gasteiger charge is -2.10. The smallest absolute Gasteiger partial charge is 0.166 e. The highest BCUT2D eigenvalue weighted by atomic mass is 79.9. The summed E-state index contributed by atoms with van der Waals surface area (Å²) in [5.41, 5.74) is 0.906. The van der Waals surface area contributed by atoms with Gasteiger partial charge in [-0.3, -0.25) is 0 Å². The molecule has 0 spiro atoms. The molecule has 0 fully saturated rings. The van der Waals surface area contributed by atoms with Crippen molar-refractivity contribution in [3.63, 3.8) is 0 Å². The van der Waals surface area contributed by atoms with Crippen LogP contribution in [0.5, 0.6) is 11.5 Å². The van der Waals surface area contributed by atoms with Crippen LogP contribution in [0, 0.1) is 5.82 Å². The molecule has 0 aliphatic carbocycles. The lowest BCUT2D eigenvalue weighted by molar-refractivity contribution is 0.439. The molecule has 0 amide bonds. The predicted molar refractivity (Wildman–Crippen MR) is 90.3 cm³/mol. The van der Waals surface area contributed by atoms with E-state index in [9.17, 15) is 4.39 Å². The van der Waals surface area contributed by atoms with Gasteiger partial charge in [0.15, 0.2) is 11.6 Å². The minimum Gasteiger partial charge on any atom is -0.453 e. The molecule has 0 radical (unpaired) electrons. The van der Waals surface area contributed by atoms with E-state index < -0.39 is 0 Å².